The number of aliphatic hydroxyl groups is 24. The van der Waals surface area contributed by atoms with Crippen LogP contribution in [0, 0.1) is 0 Å². The van der Waals surface area contributed by atoms with Gasteiger partial charge < -0.3 is 234 Å². The summed E-state index contributed by atoms with van der Waals surface area (Å²) in [5.74, 6) is -8.80. The lowest BCUT2D eigenvalue weighted by atomic mass is 9.88. The molecule has 0 aromatic rings. The number of nitrogens with one attached hydrogen (secondary N) is 4. The lowest BCUT2D eigenvalue weighted by molar-refractivity contribution is -0.403. The van der Waals surface area contributed by atoms with Gasteiger partial charge in [0.15, 0.2) is 50.3 Å². The van der Waals surface area contributed by atoms with Crippen LogP contribution >= 0.6 is 0 Å². The molecule has 0 aromatic heterocycles. The smallest absolute Gasteiger partial charge is 0.364 e. The molecule has 0 aromatic carbocycles. The first kappa shape index (κ1) is 128. The Labute approximate surface area is 865 Å². The number of hydrogen-bond acceptors (Lipinski definition) is 47. The second kappa shape index (κ2) is 63.3. The molecular formula is C97H170N4O48. The number of carboxylic acids is 1. The van der Waals surface area contributed by atoms with Crippen molar-refractivity contribution in [3.05, 3.63) is 12.2 Å². The van der Waals surface area contributed by atoms with Crippen molar-refractivity contribution in [1.82, 2.24) is 21.3 Å². The van der Waals surface area contributed by atoms with Crippen LogP contribution < -0.4 is 21.3 Å². The summed E-state index contributed by atoms with van der Waals surface area (Å²) in [6.45, 7) is 0.967. The molecule has 866 valence electrons. The molecule has 9 heterocycles. The maximum absolute atomic E-state index is 13.8. The van der Waals surface area contributed by atoms with Crippen molar-refractivity contribution in [1.29, 1.82) is 0 Å². The largest absolute Gasteiger partial charge is 0.477 e. The van der Waals surface area contributed by atoms with Gasteiger partial charge in [0, 0.05) is 40.0 Å². The lowest BCUT2D eigenvalue weighted by Gasteiger charge is -2.53. The fraction of sp³-hybridized carbons (Fsp3) is 0.928. The normalized spacial score (nSPS) is 40.2. The number of rotatable bonds is 61. The summed E-state index contributed by atoms with van der Waals surface area (Å²) in [7, 11) is 0. The Hall–Kier alpha value is -4.59. The minimum Gasteiger partial charge on any atom is -0.477 e. The molecule has 0 aliphatic carbocycles. The van der Waals surface area contributed by atoms with Crippen molar-refractivity contribution in [2.24, 2.45) is 0 Å². The number of aliphatic hydroxyl groups excluding tert-OH is 24. The molecular weight excluding hydrogens is 1990 g/mol. The van der Waals surface area contributed by atoms with E-state index < -0.39 is 371 Å². The molecule has 9 saturated heterocycles. The predicted octanol–water partition coefficient (Wildman–Crippen LogP) is -7.30. The van der Waals surface area contributed by atoms with Gasteiger partial charge in [-0.1, -0.05) is 167 Å². The molecule has 0 saturated carbocycles. The number of aliphatic carboxylic acids is 1. The van der Waals surface area contributed by atoms with E-state index in [1.165, 1.54) is 104 Å². The van der Waals surface area contributed by atoms with E-state index in [0.717, 1.165) is 78.6 Å². The molecule has 9 aliphatic rings. The van der Waals surface area contributed by atoms with Crippen LogP contribution in [0.25, 0.3) is 0 Å². The van der Waals surface area contributed by atoms with Crippen LogP contribution in [0.3, 0.4) is 0 Å². The molecule has 149 heavy (non-hydrogen) atoms. The zero-order valence-corrected chi connectivity index (χ0v) is 85.7. The summed E-state index contributed by atoms with van der Waals surface area (Å²) in [5, 5.41) is 296. The molecule has 47 atom stereocenters. The highest BCUT2D eigenvalue weighted by molar-refractivity contribution is 5.77. The van der Waals surface area contributed by atoms with Gasteiger partial charge in [-0.25, -0.2) is 4.79 Å². The zero-order valence-electron chi connectivity index (χ0n) is 85.7. The van der Waals surface area contributed by atoms with Crippen molar-refractivity contribution < 1.29 is 237 Å². The number of hydrogen-bond donors (Lipinski definition) is 29. The molecule has 4 amide bonds. The fourth-order valence-electron chi connectivity index (χ4n) is 20.2. The van der Waals surface area contributed by atoms with Crippen LogP contribution in [0.2, 0.25) is 0 Å². The number of unbranched alkanes of at least 4 members (excludes halogenated alkanes) is 23. The van der Waals surface area contributed by atoms with Crippen molar-refractivity contribution in [3.63, 3.8) is 0 Å². The van der Waals surface area contributed by atoms with Gasteiger partial charge in [-0.05, 0) is 33.1 Å². The monoisotopic (exact) mass is 2160 g/mol. The van der Waals surface area contributed by atoms with Crippen LogP contribution in [0.1, 0.15) is 228 Å². The first-order valence-corrected chi connectivity index (χ1v) is 52.7. The summed E-state index contributed by atoms with van der Waals surface area (Å²) in [6, 6.07) is -6.98. The third-order valence-corrected chi connectivity index (χ3v) is 28.7. The van der Waals surface area contributed by atoms with E-state index >= 15 is 0 Å². The van der Waals surface area contributed by atoms with Crippen LogP contribution in [0.5, 0.6) is 0 Å². The summed E-state index contributed by atoms with van der Waals surface area (Å²) >= 11 is 0. The minimum absolute atomic E-state index is 0.171. The topological polar surface area (TPSA) is 805 Å². The molecule has 52 nitrogen and oxygen atoms in total. The van der Waals surface area contributed by atoms with E-state index in [9.17, 15) is 152 Å². The standard InChI is InChI=1S/C97H170N4O48/c1-8-10-12-14-16-18-20-22-24-26-28-30-32-34-52(112)51(101-62(116)35-33-31-29-27-25-23-21-19-17-15-13-11-9-2)45-132-63-36-53(113)80(59(42-106)135-63)141-93-77(127)86(70(120)56(39-103)136-93)146-89-65(99-49(6)110)84(144-91-75(125)73(123)67(117)46(3)133-91)81(60(43-107)139-89)142-94-78(128)87(71(121)57(40-104)137-94)147-90-66(100-50(7)111)85(145-92-76(126)74(124)68(118)47(4)134-92)82(61(44-108)140-90)143-95-79(129)88(72(122)58(41-105)138-95)149-97(96(130)131)37-54(114)64(98-48(5)109)83(148-97)69(119)55(115)38-102/h32,34,46-47,51-61,63-95,102-108,112-115,117-129H,8-31,33,35-45H2,1-7H3,(H,98,109)(H,99,110)(H,100,111)(H,101,116)(H,130,131)/b34-32+/t46-,47-,51-,52+,53+,54-,55+,56+,57+,58+,59+,60+,61+,63?,64+,65+,66+,67+,68+,69+,70?,71-,72-,73+,74+,75-,76-,77+,78+,79+,80-,81+,82+,83+,84+,85+,86-,87-,88-,89-,90-,91-,92-,93-,94-,95-,97-/m0/s1. The lowest BCUT2D eigenvalue weighted by Crippen LogP contribution is -2.72. The van der Waals surface area contributed by atoms with Gasteiger partial charge in [0.05, 0.1) is 95.5 Å². The molecule has 9 rings (SSSR count). The number of ether oxygens (including phenoxy) is 18. The Bertz CT molecular complexity index is 3870. The molecule has 9 fully saturated rings. The third-order valence-electron chi connectivity index (χ3n) is 28.7. The maximum atomic E-state index is 13.8. The first-order chi connectivity index (χ1) is 71.1. The van der Waals surface area contributed by atoms with Gasteiger partial charge >= 0.3 is 5.97 Å². The molecule has 29 N–H and O–H groups in total. The van der Waals surface area contributed by atoms with E-state index in [-0.39, 0.29) is 18.9 Å². The average Bonchev–Trinajstić information content (AvgIpc) is 0.748. The predicted molar refractivity (Wildman–Crippen MR) is 507 cm³/mol. The van der Waals surface area contributed by atoms with Crippen LogP contribution in [-0.2, 0) is 109 Å². The number of amides is 4. The third kappa shape index (κ3) is 35.2. The van der Waals surface area contributed by atoms with E-state index in [4.69, 9.17) is 85.3 Å². The second-order valence-electron chi connectivity index (χ2n) is 40.4. The SMILES string of the molecule is CCCCCCCCCCCCC/C=C/[C@@H](O)[C@H](COC1C[C@@H](O)[C@H](O[C@@H]2O[C@H](CO)C(O)[C@H](O[C@@H]3O[C@H](CO)[C@@H](O[C@@H]4O[C@H](CO)[C@H](O)[C@H](O[C@@H]5O[C@H](CO)[C@@H](O[C@@H]6O[C@H](CO)[C@H](O)[C@H](O[C@]7(C(=O)O)C[C@H](O)[C@@H](NC(C)=O)[C@H]([C@H](O)[C@H](O)CO)O7)[C@H]6O)[C@H](O[C@@H]6O[C@@H](C)[C@@H](O)[C@@H](O)[C@@H]6O)[C@H]5NC(C)=O)[C@H]4O)[C@H](O[C@@H]4O[C@@H](C)[C@@H](O)[C@@H](O)[C@@H]4O)[C@H]3NC(C)=O)[C@H]2O)[C@@H](CO)O1)NC(=O)CCCCCCCCCCCCCCC. The Morgan fingerprint density at radius 2 is 0.725 bits per heavy atom. The van der Waals surface area contributed by atoms with Gasteiger partial charge in [-0.15, -0.1) is 0 Å². The highest BCUT2D eigenvalue weighted by atomic mass is 16.8. The summed E-state index contributed by atoms with van der Waals surface area (Å²) < 4.78 is 111. The highest BCUT2D eigenvalue weighted by Crippen LogP contribution is 2.44. The van der Waals surface area contributed by atoms with Crippen molar-refractivity contribution in [2.45, 2.75) is 516 Å². The zero-order chi connectivity index (χ0) is 109. The molecule has 2 unspecified atom stereocenters. The van der Waals surface area contributed by atoms with Crippen LogP contribution in [-0.4, -0.2) is 498 Å². The number of carboxylic acid groups (broad SMARTS) is 1. The summed E-state index contributed by atoms with van der Waals surface area (Å²) in [5.41, 5.74) is 0. The molecule has 9 aliphatic heterocycles. The van der Waals surface area contributed by atoms with Crippen molar-refractivity contribution in [3.8, 4) is 0 Å². The Kier molecular flexibility index (Phi) is 54.3. The Morgan fingerprint density at radius 1 is 0.376 bits per heavy atom. The Balaban J connectivity index is 0.958. The summed E-state index contributed by atoms with van der Waals surface area (Å²) in [4.78, 5) is 67.2. The van der Waals surface area contributed by atoms with Gasteiger partial charge in [0.25, 0.3) is 5.79 Å². The molecule has 52 heteroatoms. The Morgan fingerprint density at radius 3 is 1.12 bits per heavy atom. The van der Waals surface area contributed by atoms with Gasteiger partial charge in [-0.3, -0.25) is 19.2 Å². The molecule has 0 radical (unpaired) electrons. The van der Waals surface area contributed by atoms with E-state index in [0.29, 0.717) is 12.8 Å². The highest BCUT2D eigenvalue weighted by Gasteiger charge is 2.64. The van der Waals surface area contributed by atoms with Gasteiger partial charge in [-0.2, -0.15) is 0 Å². The second-order valence-corrected chi connectivity index (χ2v) is 40.4. The molecule has 0 bridgehead atoms. The minimum atomic E-state index is -3.35. The van der Waals surface area contributed by atoms with Crippen molar-refractivity contribution in [2.75, 3.05) is 52.9 Å². The first-order valence-electron chi connectivity index (χ1n) is 52.7. The van der Waals surface area contributed by atoms with E-state index in [1.54, 1.807) is 6.08 Å². The summed E-state index contributed by atoms with van der Waals surface area (Å²) in [6.07, 6.45) is -57.9. The van der Waals surface area contributed by atoms with Gasteiger partial charge in [0.2, 0.25) is 23.6 Å². The fourth-order valence-corrected chi connectivity index (χ4v) is 20.2. The molecule has 0 spiro atoms. The van der Waals surface area contributed by atoms with E-state index in [1.807, 2.05) is 6.08 Å². The van der Waals surface area contributed by atoms with Crippen molar-refractivity contribution >= 4 is 29.6 Å². The van der Waals surface area contributed by atoms with E-state index in [2.05, 4.69) is 35.1 Å². The van der Waals surface area contributed by atoms with Crippen LogP contribution in [0.4, 0.5) is 0 Å². The van der Waals surface area contributed by atoms with Gasteiger partial charge in [0.1, 0.15) is 189 Å². The average molecular weight is 2160 g/mol. The van der Waals surface area contributed by atoms with Crippen LogP contribution in [0.15, 0.2) is 12.2 Å². The maximum Gasteiger partial charge on any atom is 0.364 e. The number of carbonyl (C=O) groups is 5. The number of allylic oxidation sites excluding steroid dienone is 1. The number of carbonyl (C=O) groups excluding carboxylic acids is 4. The quantitative estimate of drug-likeness (QED) is 0.0199.